The van der Waals surface area contributed by atoms with Crippen molar-refractivity contribution in [3.8, 4) is 6.07 Å². The van der Waals surface area contributed by atoms with E-state index < -0.39 is 0 Å². The number of ketones is 1. The average Bonchev–Trinajstić information content (AvgIpc) is 2.94. The summed E-state index contributed by atoms with van der Waals surface area (Å²) >= 11 is 7.08. The van der Waals surface area contributed by atoms with Crippen molar-refractivity contribution in [3.63, 3.8) is 0 Å². The third-order valence-electron chi connectivity index (χ3n) is 3.19. The molecule has 3 aromatic rings. The van der Waals surface area contributed by atoms with Crippen LogP contribution in [0.1, 0.15) is 20.8 Å². The topological polar surface area (TPSA) is 91.8 Å². The molecule has 0 atom stereocenters. The molecule has 0 bridgehead atoms. The molecular weight excluding hydrogens is 344 g/mol. The van der Waals surface area contributed by atoms with Crippen molar-refractivity contribution >= 4 is 45.4 Å². The number of hydrogen-bond donors (Lipinski definition) is 2. The Balaban J connectivity index is 1.87. The second-order valence-corrected chi connectivity index (χ2v) is 6.33. The molecule has 1 heterocycles. The lowest BCUT2D eigenvalue weighted by molar-refractivity contribution is 0.104. The molecule has 3 N–H and O–H groups in total. The summed E-state index contributed by atoms with van der Waals surface area (Å²) in [5.41, 5.74) is 7.56. The largest absolute Gasteiger partial charge is 0.382 e. The molecule has 0 aliphatic heterocycles. The molecule has 24 heavy (non-hydrogen) atoms. The number of nitrogens with two attached hydrogens (primary N) is 1. The van der Waals surface area contributed by atoms with Crippen molar-refractivity contribution in [2.24, 2.45) is 0 Å². The van der Waals surface area contributed by atoms with Gasteiger partial charge in [0.05, 0.1) is 11.6 Å². The molecule has 3 rings (SSSR count). The van der Waals surface area contributed by atoms with Crippen LogP contribution < -0.4 is 11.1 Å². The molecule has 1 aromatic heterocycles. The van der Waals surface area contributed by atoms with E-state index in [-0.39, 0.29) is 11.6 Å². The minimum absolute atomic E-state index is 0.156. The first kappa shape index (κ1) is 16.0. The summed E-state index contributed by atoms with van der Waals surface area (Å²) in [5, 5.41) is 12.9. The summed E-state index contributed by atoms with van der Waals surface area (Å²) in [5.74, 6) is -0.0739. The van der Waals surface area contributed by atoms with E-state index in [1.807, 2.05) is 0 Å². The van der Waals surface area contributed by atoms with Gasteiger partial charge in [-0.1, -0.05) is 41.1 Å². The molecule has 118 valence electrons. The second-order valence-electron chi connectivity index (χ2n) is 4.89. The van der Waals surface area contributed by atoms with E-state index in [0.717, 1.165) is 11.3 Å². The van der Waals surface area contributed by atoms with Gasteiger partial charge < -0.3 is 11.1 Å². The van der Waals surface area contributed by atoms with Gasteiger partial charge in [-0.3, -0.25) is 4.79 Å². The van der Waals surface area contributed by atoms with E-state index in [1.54, 1.807) is 48.5 Å². The smallest absolute Gasteiger partial charge is 0.206 e. The van der Waals surface area contributed by atoms with Gasteiger partial charge in [0.1, 0.15) is 10.7 Å². The van der Waals surface area contributed by atoms with Crippen molar-refractivity contribution in [2.45, 2.75) is 0 Å². The highest BCUT2D eigenvalue weighted by molar-refractivity contribution is 7.18. The fraction of sp³-hybridized carbons (Fsp3) is 0. The van der Waals surface area contributed by atoms with Crippen LogP contribution in [0.25, 0.3) is 0 Å². The van der Waals surface area contributed by atoms with Gasteiger partial charge in [0.2, 0.25) is 5.78 Å². The zero-order chi connectivity index (χ0) is 17.1. The zero-order valence-corrected chi connectivity index (χ0v) is 13.9. The molecule has 0 radical (unpaired) electrons. The Morgan fingerprint density at radius 1 is 1.25 bits per heavy atom. The van der Waals surface area contributed by atoms with Crippen molar-refractivity contribution in [2.75, 3.05) is 11.1 Å². The monoisotopic (exact) mass is 354 g/mol. The number of aromatic nitrogens is 1. The van der Waals surface area contributed by atoms with Crippen molar-refractivity contribution in [3.05, 3.63) is 69.6 Å². The predicted octanol–water partition coefficient (Wildman–Crippen LogP) is 4.22. The third kappa shape index (κ3) is 3.38. The highest BCUT2D eigenvalue weighted by atomic mass is 35.5. The molecule has 2 aromatic carbocycles. The Morgan fingerprint density at radius 2 is 2.04 bits per heavy atom. The van der Waals surface area contributed by atoms with E-state index >= 15 is 0 Å². The minimum atomic E-state index is -0.230. The van der Waals surface area contributed by atoms with Gasteiger partial charge in [-0.2, -0.15) is 5.26 Å². The van der Waals surface area contributed by atoms with Crippen LogP contribution >= 0.6 is 22.9 Å². The Morgan fingerprint density at radius 3 is 2.79 bits per heavy atom. The average molecular weight is 355 g/mol. The number of rotatable bonds is 4. The first-order chi connectivity index (χ1) is 11.6. The highest BCUT2D eigenvalue weighted by Gasteiger charge is 2.18. The number of nitrogen functional groups attached to an aromatic ring is 1. The van der Waals surface area contributed by atoms with Crippen LogP contribution in [0.4, 0.5) is 16.6 Å². The lowest BCUT2D eigenvalue weighted by Gasteiger charge is -2.01. The fourth-order valence-corrected chi connectivity index (χ4v) is 3.16. The molecule has 5 nitrogen and oxygen atoms in total. The number of carbonyl (C=O) groups excluding carboxylic acids is 1. The number of halogens is 1. The Kier molecular flexibility index (Phi) is 4.47. The maximum Gasteiger partial charge on any atom is 0.206 e. The Labute approximate surface area is 147 Å². The molecule has 0 saturated carbocycles. The molecule has 0 unspecified atom stereocenters. The van der Waals surface area contributed by atoms with Crippen LogP contribution in [0.5, 0.6) is 0 Å². The van der Waals surface area contributed by atoms with Gasteiger partial charge in [0, 0.05) is 16.3 Å². The van der Waals surface area contributed by atoms with Gasteiger partial charge in [-0.05, 0) is 30.3 Å². The van der Waals surface area contributed by atoms with Gasteiger partial charge in [-0.15, -0.1) is 0 Å². The van der Waals surface area contributed by atoms with Gasteiger partial charge in [0.25, 0.3) is 0 Å². The first-order valence-electron chi connectivity index (χ1n) is 6.90. The number of nitrogens with one attached hydrogen (secondary N) is 1. The quantitative estimate of drug-likeness (QED) is 0.684. The van der Waals surface area contributed by atoms with E-state index in [9.17, 15) is 4.79 Å². The molecular formula is C17H11ClN4OS. The number of anilines is 3. The summed E-state index contributed by atoms with van der Waals surface area (Å²) in [6, 6.07) is 15.7. The minimum Gasteiger partial charge on any atom is -0.382 e. The predicted molar refractivity (Wildman–Crippen MR) is 95.9 cm³/mol. The maximum atomic E-state index is 12.5. The Bertz CT molecular complexity index is 961. The Hall–Kier alpha value is -2.88. The number of carbonyl (C=O) groups is 1. The lowest BCUT2D eigenvalue weighted by Crippen LogP contribution is -2.02. The molecule has 0 aliphatic rings. The summed E-state index contributed by atoms with van der Waals surface area (Å²) in [4.78, 5) is 17.1. The molecule has 0 saturated heterocycles. The highest BCUT2D eigenvalue weighted by Crippen LogP contribution is 2.30. The van der Waals surface area contributed by atoms with E-state index in [1.165, 1.54) is 0 Å². The van der Waals surface area contributed by atoms with Crippen molar-refractivity contribution in [1.82, 2.24) is 4.98 Å². The standard InChI is InChI=1S/C17H11ClN4OS/c18-12-5-2-4-11(8-12)14(23)15-16(20)22-17(24-15)21-13-6-1-3-10(7-13)9-19/h1-8H,20H2,(H,21,22). The number of hydrogen-bond acceptors (Lipinski definition) is 6. The van der Waals surface area contributed by atoms with Crippen LogP contribution in [0.2, 0.25) is 5.02 Å². The summed E-state index contributed by atoms with van der Waals surface area (Å²) in [6.45, 7) is 0. The van der Waals surface area contributed by atoms with Gasteiger partial charge >= 0.3 is 0 Å². The van der Waals surface area contributed by atoms with E-state index in [4.69, 9.17) is 22.6 Å². The number of nitrogens with zero attached hydrogens (tertiary/aromatic N) is 2. The molecule has 0 amide bonds. The van der Waals surface area contributed by atoms with Crippen LogP contribution in [0, 0.1) is 11.3 Å². The summed E-state index contributed by atoms with van der Waals surface area (Å²) in [7, 11) is 0. The molecule has 0 fully saturated rings. The maximum absolute atomic E-state index is 12.5. The number of benzene rings is 2. The van der Waals surface area contributed by atoms with Crippen LogP contribution in [0.15, 0.2) is 48.5 Å². The van der Waals surface area contributed by atoms with E-state index in [2.05, 4.69) is 16.4 Å². The molecule has 7 heteroatoms. The third-order valence-corrected chi connectivity index (χ3v) is 4.41. The van der Waals surface area contributed by atoms with Crippen LogP contribution in [-0.2, 0) is 0 Å². The zero-order valence-electron chi connectivity index (χ0n) is 12.3. The summed E-state index contributed by atoms with van der Waals surface area (Å²) < 4.78 is 0. The first-order valence-corrected chi connectivity index (χ1v) is 8.10. The lowest BCUT2D eigenvalue weighted by atomic mass is 10.1. The van der Waals surface area contributed by atoms with Gasteiger partial charge in [-0.25, -0.2) is 4.98 Å². The summed E-state index contributed by atoms with van der Waals surface area (Å²) in [6.07, 6.45) is 0. The number of nitriles is 1. The van der Waals surface area contributed by atoms with Crippen molar-refractivity contribution < 1.29 is 4.79 Å². The van der Waals surface area contributed by atoms with Crippen LogP contribution in [0.3, 0.4) is 0 Å². The normalized spacial score (nSPS) is 10.2. The second kappa shape index (κ2) is 6.71. The van der Waals surface area contributed by atoms with Crippen molar-refractivity contribution in [1.29, 1.82) is 5.26 Å². The molecule has 0 spiro atoms. The van der Waals surface area contributed by atoms with E-state index in [0.29, 0.717) is 31.8 Å². The fourth-order valence-electron chi connectivity index (χ4n) is 2.10. The molecule has 0 aliphatic carbocycles. The van der Waals surface area contributed by atoms with Gasteiger partial charge in [0.15, 0.2) is 5.13 Å². The van der Waals surface area contributed by atoms with Crippen LogP contribution in [-0.4, -0.2) is 10.8 Å². The SMILES string of the molecule is N#Cc1cccc(Nc2nc(N)c(C(=O)c3cccc(Cl)c3)s2)c1. The number of thiazole rings is 1.